The standard InChI is InChI=1S/C17H24ClN3O/c1-13(14-3-2-4-15(18)11-14)17(22)21-8-5-16(12-21)20-9-6-19-7-10-20/h2-4,11,13,16,19H,5-10,12H2,1H3. The summed E-state index contributed by atoms with van der Waals surface area (Å²) < 4.78 is 0. The Morgan fingerprint density at radius 1 is 1.32 bits per heavy atom. The van der Waals surface area contributed by atoms with E-state index in [1.807, 2.05) is 36.1 Å². The van der Waals surface area contributed by atoms with Crippen LogP contribution in [0.2, 0.25) is 5.02 Å². The highest BCUT2D eigenvalue weighted by Gasteiger charge is 2.32. The highest BCUT2D eigenvalue weighted by molar-refractivity contribution is 6.30. The fraction of sp³-hybridized carbons (Fsp3) is 0.588. The molecule has 2 aliphatic heterocycles. The van der Waals surface area contributed by atoms with Gasteiger partial charge in [-0.3, -0.25) is 9.69 Å². The molecule has 0 aromatic heterocycles. The van der Waals surface area contributed by atoms with Gasteiger partial charge in [0.2, 0.25) is 5.91 Å². The second kappa shape index (κ2) is 6.99. The third-order valence-corrected chi connectivity index (χ3v) is 5.10. The van der Waals surface area contributed by atoms with E-state index in [0.717, 1.165) is 51.3 Å². The van der Waals surface area contributed by atoms with Gasteiger partial charge >= 0.3 is 0 Å². The lowest BCUT2D eigenvalue weighted by atomic mass is 10.00. The van der Waals surface area contributed by atoms with Crippen molar-refractivity contribution in [3.63, 3.8) is 0 Å². The van der Waals surface area contributed by atoms with Gasteiger partial charge in [-0.15, -0.1) is 0 Å². The molecule has 4 nitrogen and oxygen atoms in total. The van der Waals surface area contributed by atoms with Gasteiger partial charge in [0.1, 0.15) is 0 Å². The summed E-state index contributed by atoms with van der Waals surface area (Å²) in [6.45, 7) is 8.02. The van der Waals surface area contributed by atoms with E-state index >= 15 is 0 Å². The molecule has 1 amide bonds. The largest absolute Gasteiger partial charge is 0.341 e. The van der Waals surface area contributed by atoms with Crippen LogP contribution in [0.3, 0.4) is 0 Å². The van der Waals surface area contributed by atoms with Crippen molar-refractivity contribution in [3.05, 3.63) is 34.9 Å². The Morgan fingerprint density at radius 2 is 2.09 bits per heavy atom. The summed E-state index contributed by atoms with van der Waals surface area (Å²) in [5.41, 5.74) is 1.00. The number of amides is 1. The summed E-state index contributed by atoms with van der Waals surface area (Å²) in [6, 6.07) is 8.16. The first kappa shape index (κ1) is 15.8. The Morgan fingerprint density at radius 3 is 2.82 bits per heavy atom. The van der Waals surface area contributed by atoms with Gasteiger partial charge in [-0.2, -0.15) is 0 Å². The van der Waals surface area contributed by atoms with Crippen LogP contribution in [-0.4, -0.2) is 61.0 Å². The third kappa shape index (κ3) is 3.45. The molecule has 3 rings (SSSR count). The lowest BCUT2D eigenvalue weighted by Gasteiger charge is -2.32. The van der Waals surface area contributed by atoms with Gasteiger partial charge in [0.25, 0.3) is 0 Å². The van der Waals surface area contributed by atoms with E-state index in [0.29, 0.717) is 11.1 Å². The zero-order valence-electron chi connectivity index (χ0n) is 13.1. The second-order valence-electron chi connectivity index (χ2n) is 6.29. The topological polar surface area (TPSA) is 35.6 Å². The number of carbonyl (C=O) groups excluding carboxylic acids is 1. The monoisotopic (exact) mass is 321 g/mol. The van der Waals surface area contributed by atoms with Crippen LogP contribution in [0.4, 0.5) is 0 Å². The Bertz CT molecular complexity index is 530. The maximum atomic E-state index is 12.7. The summed E-state index contributed by atoms with van der Waals surface area (Å²) in [7, 11) is 0. The third-order valence-electron chi connectivity index (χ3n) is 4.86. The van der Waals surface area contributed by atoms with Crippen LogP contribution in [0.15, 0.2) is 24.3 Å². The second-order valence-corrected chi connectivity index (χ2v) is 6.73. The number of nitrogens with zero attached hydrogens (tertiary/aromatic N) is 2. The predicted octanol–water partition coefficient (Wildman–Crippen LogP) is 1.95. The molecular formula is C17H24ClN3O. The van der Waals surface area contributed by atoms with Gasteiger partial charge in [-0.25, -0.2) is 0 Å². The SMILES string of the molecule is CC(C(=O)N1CCC(N2CCNCC2)C1)c1cccc(Cl)c1. The van der Waals surface area contributed by atoms with Crippen molar-refractivity contribution < 1.29 is 4.79 Å². The maximum Gasteiger partial charge on any atom is 0.229 e. The molecule has 2 unspecified atom stereocenters. The summed E-state index contributed by atoms with van der Waals surface area (Å²) in [5.74, 6) is 0.0976. The molecule has 2 aliphatic rings. The summed E-state index contributed by atoms with van der Waals surface area (Å²) in [5, 5.41) is 4.07. The number of rotatable bonds is 3. The first-order valence-corrected chi connectivity index (χ1v) is 8.52. The first-order chi connectivity index (χ1) is 10.6. The van der Waals surface area contributed by atoms with Crippen LogP contribution in [0.1, 0.15) is 24.8 Å². The van der Waals surface area contributed by atoms with Crippen LogP contribution in [0.5, 0.6) is 0 Å². The normalized spacial score (nSPS) is 24.5. The number of piperazine rings is 1. The molecule has 0 radical (unpaired) electrons. The molecule has 1 aromatic rings. The van der Waals surface area contributed by atoms with Crippen molar-refractivity contribution in [2.75, 3.05) is 39.3 Å². The van der Waals surface area contributed by atoms with E-state index in [1.54, 1.807) is 0 Å². The van der Waals surface area contributed by atoms with Gasteiger partial charge in [-0.05, 0) is 31.0 Å². The molecule has 1 N–H and O–H groups in total. The van der Waals surface area contributed by atoms with Crippen molar-refractivity contribution in [2.45, 2.75) is 25.3 Å². The predicted molar refractivity (Wildman–Crippen MR) is 89.3 cm³/mol. The molecular weight excluding hydrogens is 298 g/mol. The van der Waals surface area contributed by atoms with Crippen LogP contribution in [0, 0.1) is 0 Å². The number of nitrogens with one attached hydrogen (secondary N) is 1. The Kier molecular flexibility index (Phi) is 5.01. The average molecular weight is 322 g/mol. The fourth-order valence-corrected chi connectivity index (χ4v) is 3.68. The van der Waals surface area contributed by atoms with E-state index in [1.165, 1.54) is 0 Å². The van der Waals surface area contributed by atoms with Gasteiger partial charge in [0, 0.05) is 50.3 Å². The molecule has 2 saturated heterocycles. The molecule has 2 atom stereocenters. The smallest absolute Gasteiger partial charge is 0.229 e. The molecule has 5 heteroatoms. The Balaban J connectivity index is 1.61. The lowest BCUT2D eigenvalue weighted by molar-refractivity contribution is -0.131. The molecule has 0 aliphatic carbocycles. The minimum Gasteiger partial charge on any atom is -0.341 e. The fourth-order valence-electron chi connectivity index (χ4n) is 3.48. The van der Waals surface area contributed by atoms with Crippen LogP contribution in [-0.2, 0) is 4.79 Å². The van der Waals surface area contributed by atoms with E-state index in [9.17, 15) is 4.79 Å². The van der Waals surface area contributed by atoms with Crippen molar-refractivity contribution in [3.8, 4) is 0 Å². The molecule has 0 bridgehead atoms. The van der Waals surface area contributed by atoms with Crippen LogP contribution < -0.4 is 5.32 Å². The molecule has 120 valence electrons. The zero-order chi connectivity index (χ0) is 15.5. The average Bonchev–Trinajstić information content (AvgIpc) is 3.04. The van der Waals surface area contributed by atoms with Gasteiger partial charge in [0.15, 0.2) is 0 Å². The number of benzene rings is 1. The highest BCUT2D eigenvalue weighted by atomic mass is 35.5. The van der Waals surface area contributed by atoms with E-state index in [4.69, 9.17) is 11.6 Å². The summed E-state index contributed by atoms with van der Waals surface area (Å²) >= 11 is 6.04. The summed E-state index contributed by atoms with van der Waals surface area (Å²) in [4.78, 5) is 17.3. The van der Waals surface area contributed by atoms with Gasteiger partial charge < -0.3 is 10.2 Å². The Hall–Kier alpha value is -1.10. The van der Waals surface area contributed by atoms with Crippen molar-refractivity contribution in [1.29, 1.82) is 0 Å². The molecule has 0 spiro atoms. The van der Waals surface area contributed by atoms with Crippen LogP contribution in [0.25, 0.3) is 0 Å². The van der Waals surface area contributed by atoms with E-state index < -0.39 is 0 Å². The number of hydrogen-bond acceptors (Lipinski definition) is 3. The molecule has 2 heterocycles. The molecule has 2 fully saturated rings. The summed E-state index contributed by atoms with van der Waals surface area (Å²) in [6.07, 6.45) is 1.09. The van der Waals surface area contributed by atoms with E-state index in [2.05, 4.69) is 10.2 Å². The van der Waals surface area contributed by atoms with E-state index in [-0.39, 0.29) is 11.8 Å². The van der Waals surface area contributed by atoms with Crippen molar-refractivity contribution >= 4 is 17.5 Å². The number of halogens is 1. The molecule has 22 heavy (non-hydrogen) atoms. The zero-order valence-corrected chi connectivity index (χ0v) is 13.9. The minimum atomic E-state index is -0.125. The number of carbonyl (C=O) groups is 1. The van der Waals surface area contributed by atoms with Crippen LogP contribution >= 0.6 is 11.6 Å². The first-order valence-electron chi connectivity index (χ1n) is 8.14. The lowest BCUT2D eigenvalue weighted by Crippen LogP contribution is -2.49. The molecule has 1 aromatic carbocycles. The number of hydrogen-bond donors (Lipinski definition) is 1. The minimum absolute atomic E-state index is 0.125. The molecule has 0 saturated carbocycles. The Labute approximate surface area is 137 Å². The van der Waals surface area contributed by atoms with Gasteiger partial charge in [-0.1, -0.05) is 23.7 Å². The quantitative estimate of drug-likeness (QED) is 0.924. The van der Waals surface area contributed by atoms with Crippen molar-refractivity contribution in [1.82, 2.24) is 15.1 Å². The van der Waals surface area contributed by atoms with Crippen molar-refractivity contribution in [2.24, 2.45) is 0 Å². The number of likely N-dealkylation sites (tertiary alicyclic amines) is 1. The maximum absolute atomic E-state index is 12.7. The highest BCUT2D eigenvalue weighted by Crippen LogP contribution is 2.24. The van der Waals surface area contributed by atoms with Gasteiger partial charge in [0.05, 0.1) is 5.92 Å².